The molecule has 0 atom stereocenters. The van der Waals surface area contributed by atoms with E-state index in [4.69, 9.17) is 4.74 Å². The van der Waals surface area contributed by atoms with E-state index >= 15 is 0 Å². The minimum atomic E-state index is -2.25. The van der Waals surface area contributed by atoms with Crippen molar-refractivity contribution in [3.63, 3.8) is 0 Å². The fourth-order valence-corrected chi connectivity index (χ4v) is 6.95. The molecule has 0 fully saturated rings. The van der Waals surface area contributed by atoms with Crippen LogP contribution in [0, 0.1) is 0 Å². The lowest BCUT2D eigenvalue weighted by atomic mass is 10.2. The summed E-state index contributed by atoms with van der Waals surface area (Å²) >= 11 is 0. The van der Waals surface area contributed by atoms with Crippen LogP contribution in [0.4, 0.5) is 0 Å². The van der Waals surface area contributed by atoms with E-state index in [0.29, 0.717) is 0 Å². The molecule has 0 saturated carbocycles. The van der Waals surface area contributed by atoms with Crippen LogP contribution in [-0.4, -0.2) is 0 Å². The van der Waals surface area contributed by atoms with Crippen molar-refractivity contribution in [3.8, 4) is 0 Å². The molecule has 0 N–H and O–H groups in total. The Balaban J connectivity index is 2.07. The maximum Gasteiger partial charge on any atom is 0.0625 e. The SMILES string of the molecule is C=C(N=P(c1ccccc1)(c1ccccc1)c1ccccc1)c1ccccc1. The summed E-state index contributed by atoms with van der Waals surface area (Å²) in [6.07, 6.45) is 0. The van der Waals surface area contributed by atoms with Gasteiger partial charge in [0.05, 0.1) is 12.8 Å². The molecule has 4 aromatic rings. The molecule has 0 radical (unpaired) electrons. The molecular weight excluding hydrogens is 357 g/mol. The molecule has 0 heterocycles. The molecule has 0 spiro atoms. The van der Waals surface area contributed by atoms with Gasteiger partial charge >= 0.3 is 0 Å². The van der Waals surface area contributed by atoms with Gasteiger partial charge in [-0.15, -0.1) is 0 Å². The number of hydrogen-bond donors (Lipinski definition) is 0. The minimum absolute atomic E-state index is 0.811. The highest BCUT2D eigenvalue weighted by Crippen LogP contribution is 2.48. The highest BCUT2D eigenvalue weighted by atomic mass is 31.2. The van der Waals surface area contributed by atoms with E-state index in [0.717, 1.165) is 11.3 Å². The molecule has 136 valence electrons. The van der Waals surface area contributed by atoms with Gasteiger partial charge in [-0.3, -0.25) is 4.74 Å². The molecule has 2 heteroatoms. The third-order valence-electron chi connectivity index (χ3n) is 4.77. The van der Waals surface area contributed by atoms with Crippen molar-refractivity contribution < 1.29 is 0 Å². The monoisotopic (exact) mass is 379 g/mol. The predicted molar refractivity (Wildman–Crippen MR) is 123 cm³/mol. The lowest BCUT2D eigenvalue weighted by molar-refractivity contribution is 1.54. The van der Waals surface area contributed by atoms with Crippen molar-refractivity contribution >= 4 is 28.7 Å². The number of benzene rings is 4. The first-order chi connectivity index (χ1) is 13.8. The maximum absolute atomic E-state index is 5.41. The highest BCUT2D eigenvalue weighted by molar-refractivity contribution is 7.87. The van der Waals surface area contributed by atoms with Crippen LogP contribution < -0.4 is 15.9 Å². The molecular formula is C26H22NP. The van der Waals surface area contributed by atoms with Crippen molar-refractivity contribution in [3.05, 3.63) is 133 Å². The molecule has 0 aliphatic carbocycles. The predicted octanol–water partition coefficient (Wildman–Crippen LogP) is 5.84. The molecule has 0 unspecified atom stereocenters. The van der Waals surface area contributed by atoms with Gasteiger partial charge in [0.15, 0.2) is 0 Å². The van der Waals surface area contributed by atoms with Crippen LogP contribution in [0.25, 0.3) is 5.70 Å². The zero-order valence-corrected chi connectivity index (χ0v) is 16.5. The van der Waals surface area contributed by atoms with Crippen LogP contribution in [-0.2, 0) is 0 Å². The van der Waals surface area contributed by atoms with E-state index in [9.17, 15) is 0 Å². The van der Waals surface area contributed by atoms with Gasteiger partial charge in [0.2, 0.25) is 0 Å². The Morgan fingerprint density at radius 1 is 0.500 bits per heavy atom. The summed E-state index contributed by atoms with van der Waals surface area (Å²) in [4.78, 5) is 0. The van der Waals surface area contributed by atoms with Crippen molar-refractivity contribution in [2.24, 2.45) is 4.74 Å². The van der Waals surface area contributed by atoms with Gasteiger partial charge in [-0.1, -0.05) is 128 Å². The second-order valence-corrected chi connectivity index (χ2v) is 9.57. The normalized spacial score (nSPS) is 11.0. The maximum atomic E-state index is 5.41. The summed E-state index contributed by atoms with van der Waals surface area (Å²) in [7, 11) is -2.25. The average molecular weight is 379 g/mol. The summed E-state index contributed by atoms with van der Waals surface area (Å²) in [5.41, 5.74) is 1.86. The fraction of sp³-hybridized carbons (Fsp3) is 0. The minimum Gasteiger partial charge on any atom is -0.254 e. The Morgan fingerprint density at radius 2 is 0.821 bits per heavy atom. The van der Waals surface area contributed by atoms with E-state index in [-0.39, 0.29) is 0 Å². The summed E-state index contributed by atoms with van der Waals surface area (Å²) in [6, 6.07) is 42.1. The van der Waals surface area contributed by atoms with Crippen LogP contribution in [0.3, 0.4) is 0 Å². The van der Waals surface area contributed by atoms with E-state index in [1.54, 1.807) is 0 Å². The molecule has 28 heavy (non-hydrogen) atoms. The second-order valence-electron chi connectivity index (χ2n) is 6.55. The van der Waals surface area contributed by atoms with Gasteiger partial charge in [-0.2, -0.15) is 0 Å². The third-order valence-corrected chi connectivity index (χ3v) is 8.45. The summed E-state index contributed by atoms with van der Waals surface area (Å²) in [6.45, 7) is 4.35. The zero-order valence-electron chi connectivity index (χ0n) is 15.6. The summed E-state index contributed by atoms with van der Waals surface area (Å²) in [5.74, 6) is 0. The lowest BCUT2D eigenvalue weighted by Gasteiger charge is -2.27. The Morgan fingerprint density at radius 3 is 1.18 bits per heavy atom. The van der Waals surface area contributed by atoms with E-state index in [2.05, 4.69) is 110 Å². The Labute approximate surface area is 167 Å². The summed E-state index contributed by atoms with van der Waals surface area (Å²) < 4.78 is 5.41. The van der Waals surface area contributed by atoms with Gasteiger partial charge in [0, 0.05) is 15.9 Å². The van der Waals surface area contributed by atoms with Gasteiger partial charge < -0.3 is 0 Å². The molecule has 0 saturated heterocycles. The van der Waals surface area contributed by atoms with E-state index in [1.165, 1.54) is 15.9 Å². The van der Waals surface area contributed by atoms with Crippen LogP contribution in [0.1, 0.15) is 5.56 Å². The molecule has 4 rings (SSSR count). The van der Waals surface area contributed by atoms with Crippen molar-refractivity contribution in [2.75, 3.05) is 0 Å². The van der Waals surface area contributed by atoms with Crippen LogP contribution in [0.2, 0.25) is 0 Å². The van der Waals surface area contributed by atoms with Crippen LogP contribution in [0.15, 0.2) is 133 Å². The molecule has 0 aliphatic heterocycles. The Hall–Kier alpha value is -3.15. The molecule has 0 aromatic heterocycles. The summed E-state index contributed by atoms with van der Waals surface area (Å²) in [5, 5.41) is 3.68. The van der Waals surface area contributed by atoms with Gasteiger partial charge in [-0.05, 0) is 5.56 Å². The van der Waals surface area contributed by atoms with Crippen LogP contribution in [0.5, 0.6) is 0 Å². The topological polar surface area (TPSA) is 12.4 Å². The molecule has 0 bridgehead atoms. The quantitative estimate of drug-likeness (QED) is 0.387. The van der Waals surface area contributed by atoms with E-state index in [1.807, 2.05) is 18.2 Å². The van der Waals surface area contributed by atoms with Gasteiger partial charge in [0.25, 0.3) is 0 Å². The Kier molecular flexibility index (Phi) is 5.37. The second kappa shape index (κ2) is 8.25. The Bertz CT molecular complexity index is 999. The number of nitrogens with zero attached hydrogens (tertiary/aromatic N) is 1. The standard InChI is InChI=1S/C26H22NP/c1-22(23-14-6-2-7-15-23)27-28(24-16-8-3-9-17-24,25-18-10-4-11-19-25)26-20-12-5-13-21-26/h2-21H,1H2. The largest absolute Gasteiger partial charge is 0.254 e. The van der Waals surface area contributed by atoms with Crippen molar-refractivity contribution in [2.45, 2.75) is 0 Å². The van der Waals surface area contributed by atoms with Gasteiger partial charge in [-0.25, -0.2) is 0 Å². The molecule has 0 amide bonds. The zero-order chi connectivity index (χ0) is 19.2. The van der Waals surface area contributed by atoms with Gasteiger partial charge in [0.1, 0.15) is 0 Å². The lowest BCUT2D eigenvalue weighted by Crippen LogP contribution is -2.25. The average Bonchev–Trinajstić information content (AvgIpc) is 2.80. The fourth-order valence-electron chi connectivity index (χ4n) is 3.42. The molecule has 1 nitrogen and oxygen atoms in total. The smallest absolute Gasteiger partial charge is 0.0625 e. The molecule has 0 aliphatic rings. The first-order valence-electron chi connectivity index (χ1n) is 9.34. The van der Waals surface area contributed by atoms with Crippen molar-refractivity contribution in [1.82, 2.24) is 0 Å². The van der Waals surface area contributed by atoms with Crippen molar-refractivity contribution in [1.29, 1.82) is 0 Å². The first-order valence-corrected chi connectivity index (χ1v) is 11.1. The first kappa shape index (κ1) is 18.2. The van der Waals surface area contributed by atoms with Crippen LogP contribution >= 0.6 is 7.05 Å². The highest BCUT2D eigenvalue weighted by Gasteiger charge is 2.27. The molecule has 4 aromatic carbocycles. The number of hydrogen-bond acceptors (Lipinski definition) is 1. The third kappa shape index (κ3) is 3.50. The van der Waals surface area contributed by atoms with E-state index < -0.39 is 7.05 Å². The number of rotatable bonds is 5.